The highest BCUT2D eigenvalue weighted by Gasteiger charge is 2.37. The van der Waals surface area contributed by atoms with Crippen molar-refractivity contribution in [2.45, 2.75) is 117 Å². The first kappa shape index (κ1) is 30.4. The molecule has 0 radical (unpaired) electrons. The molecule has 0 unspecified atom stereocenters. The summed E-state index contributed by atoms with van der Waals surface area (Å²) in [6, 6.07) is 6.72. The van der Waals surface area contributed by atoms with E-state index in [1.165, 1.54) is 12.1 Å². The maximum atomic E-state index is 14.0. The lowest BCUT2D eigenvalue weighted by Crippen LogP contribution is -2.45. The SMILES string of the molecule is CC(C)c1nc2c(c(-c3ccc(F)cc3)c1C=C[C@@H]1C[C@H](CC(=O)OC(C)(C)C)OC(C)(C)O1)CNCC2(C)C. The molecule has 1 saturated heterocycles. The van der Waals surface area contributed by atoms with Crippen LogP contribution < -0.4 is 5.32 Å². The molecule has 6 nitrogen and oxygen atoms in total. The van der Waals surface area contributed by atoms with Gasteiger partial charge in [0, 0.05) is 30.5 Å². The molecule has 0 bridgehead atoms. The number of hydrogen-bond donors (Lipinski definition) is 1. The summed E-state index contributed by atoms with van der Waals surface area (Å²) in [5, 5.41) is 3.56. The van der Waals surface area contributed by atoms with Crippen LogP contribution in [0, 0.1) is 5.82 Å². The van der Waals surface area contributed by atoms with Gasteiger partial charge in [0.2, 0.25) is 0 Å². The third-order valence-electron chi connectivity index (χ3n) is 7.23. The highest BCUT2D eigenvalue weighted by molar-refractivity contribution is 5.81. The molecule has 1 aromatic carbocycles. The third kappa shape index (κ3) is 7.17. The Balaban J connectivity index is 1.75. The Labute approximate surface area is 238 Å². The molecule has 218 valence electrons. The number of carbonyl (C=O) groups excluding carboxylic acids is 1. The molecule has 0 amide bonds. The average Bonchev–Trinajstić information content (AvgIpc) is 2.80. The van der Waals surface area contributed by atoms with Gasteiger partial charge in [-0.1, -0.05) is 52.0 Å². The molecular formula is C33H45FN2O4. The first-order valence-corrected chi connectivity index (χ1v) is 14.3. The molecule has 4 rings (SSSR count). The minimum atomic E-state index is -0.858. The van der Waals surface area contributed by atoms with Crippen LogP contribution in [0.15, 0.2) is 30.3 Å². The topological polar surface area (TPSA) is 69.7 Å². The van der Waals surface area contributed by atoms with E-state index in [-0.39, 0.29) is 41.7 Å². The number of nitrogens with zero attached hydrogens (tertiary/aromatic N) is 1. The molecule has 40 heavy (non-hydrogen) atoms. The van der Waals surface area contributed by atoms with Gasteiger partial charge in [0.25, 0.3) is 0 Å². The third-order valence-corrected chi connectivity index (χ3v) is 7.23. The molecule has 0 saturated carbocycles. The van der Waals surface area contributed by atoms with E-state index in [4.69, 9.17) is 19.2 Å². The smallest absolute Gasteiger partial charge is 0.308 e. The van der Waals surface area contributed by atoms with E-state index in [9.17, 15) is 9.18 Å². The lowest BCUT2D eigenvalue weighted by atomic mass is 9.78. The number of nitrogens with one attached hydrogen (secondary N) is 1. The zero-order chi connectivity index (χ0) is 29.5. The van der Waals surface area contributed by atoms with Crippen molar-refractivity contribution in [1.29, 1.82) is 0 Å². The van der Waals surface area contributed by atoms with Gasteiger partial charge in [-0.2, -0.15) is 0 Å². The van der Waals surface area contributed by atoms with E-state index in [1.807, 2.05) is 46.8 Å². The van der Waals surface area contributed by atoms with Crippen molar-refractivity contribution < 1.29 is 23.4 Å². The van der Waals surface area contributed by atoms with Crippen LogP contribution in [0.4, 0.5) is 4.39 Å². The summed E-state index contributed by atoms with van der Waals surface area (Å²) in [6.07, 6.45) is 4.22. The van der Waals surface area contributed by atoms with Crippen LogP contribution in [0.3, 0.4) is 0 Å². The average molecular weight is 553 g/mol. The number of pyridine rings is 1. The standard InChI is InChI=1S/C33H45FN2O4/c1-20(2)29-25(15-14-23-16-24(39-33(8,9)38-23)17-27(37)40-31(3,4)5)28(21-10-12-22(34)13-11-21)26-18-35-19-32(6,7)30(26)36-29/h10-15,20,23-24,35H,16-19H2,1-9H3/t23-,24-/m1/s1. The van der Waals surface area contributed by atoms with Crippen LogP contribution in [0.1, 0.15) is 104 Å². The van der Waals surface area contributed by atoms with Crippen LogP contribution >= 0.6 is 0 Å². The molecule has 1 aromatic heterocycles. The second-order valence-corrected chi connectivity index (χ2v) is 13.4. The summed E-state index contributed by atoms with van der Waals surface area (Å²) in [4.78, 5) is 17.8. The van der Waals surface area contributed by atoms with Gasteiger partial charge in [-0.15, -0.1) is 0 Å². The van der Waals surface area contributed by atoms with E-state index in [2.05, 4.69) is 45.2 Å². The van der Waals surface area contributed by atoms with Gasteiger partial charge >= 0.3 is 5.97 Å². The Bertz CT molecular complexity index is 1260. The Kier molecular flexibility index (Phi) is 8.61. The van der Waals surface area contributed by atoms with Gasteiger partial charge in [-0.05, 0) is 69.4 Å². The van der Waals surface area contributed by atoms with E-state index in [1.54, 1.807) is 0 Å². The number of hydrogen-bond acceptors (Lipinski definition) is 6. The van der Waals surface area contributed by atoms with Crippen molar-refractivity contribution in [2.75, 3.05) is 6.54 Å². The molecule has 2 aromatic rings. The molecule has 0 spiro atoms. The molecule has 3 heterocycles. The number of aromatic nitrogens is 1. The van der Waals surface area contributed by atoms with Gasteiger partial charge in [0.15, 0.2) is 5.79 Å². The van der Waals surface area contributed by atoms with Crippen molar-refractivity contribution >= 4 is 12.0 Å². The number of ether oxygens (including phenoxy) is 3. The highest BCUT2D eigenvalue weighted by atomic mass is 19.1. The normalized spacial score (nSPS) is 22.4. The van der Waals surface area contributed by atoms with E-state index in [0.29, 0.717) is 13.0 Å². The van der Waals surface area contributed by atoms with Crippen LogP contribution in [0.25, 0.3) is 17.2 Å². The summed E-state index contributed by atoms with van der Waals surface area (Å²) < 4.78 is 31.9. The molecule has 2 aliphatic rings. The zero-order valence-corrected chi connectivity index (χ0v) is 25.5. The lowest BCUT2D eigenvalue weighted by Gasteiger charge is -2.40. The largest absolute Gasteiger partial charge is 0.460 e. The Morgan fingerprint density at radius 2 is 1.85 bits per heavy atom. The number of halogens is 1. The molecule has 0 aliphatic carbocycles. The summed E-state index contributed by atoms with van der Waals surface area (Å²) in [6.45, 7) is 19.6. The fraction of sp³-hybridized carbons (Fsp3) is 0.576. The van der Waals surface area contributed by atoms with E-state index in [0.717, 1.165) is 40.2 Å². The lowest BCUT2D eigenvalue weighted by molar-refractivity contribution is -0.290. The van der Waals surface area contributed by atoms with Gasteiger partial charge in [-0.3, -0.25) is 9.78 Å². The molecule has 1 N–H and O–H groups in total. The summed E-state index contributed by atoms with van der Waals surface area (Å²) in [7, 11) is 0. The Morgan fingerprint density at radius 1 is 1.18 bits per heavy atom. The van der Waals surface area contributed by atoms with Crippen LogP contribution in [0.2, 0.25) is 0 Å². The monoisotopic (exact) mass is 552 g/mol. The maximum Gasteiger partial charge on any atom is 0.308 e. The molecule has 1 fully saturated rings. The van der Waals surface area contributed by atoms with Gasteiger partial charge < -0.3 is 19.5 Å². The Morgan fingerprint density at radius 3 is 2.48 bits per heavy atom. The molecule has 2 aliphatic heterocycles. The maximum absolute atomic E-state index is 14.0. The van der Waals surface area contributed by atoms with Crippen molar-refractivity contribution in [3.8, 4) is 11.1 Å². The first-order valence-electron chi connectivity index (χ1n) is 14.3. The van der Waals surface area contributed by atoms with Crippen LogP contribution in [-0.2, 0) is 31.0 Å². The summed E-state index contributed by atoms with van der Waals surface area (Å²) in [5.41, 5.74) is 5.58. The summed E-state index contributed by atoms with van der Waals surface area (Å²) in [5.74, 6) is -1.24. The second-order valence-electron chi connectivity index (χ2n) is 13.4. The highest BCUT2D eigenvalue weighted by Crippen LogP contribution is 2.41. The van der Waals surface area contributed by atoms with Gasteiger partial charge in [0.1, 0.15) is 11.4 Å². The fourth-order valence-electron chi connectivity index (χ4n) is 5.69. The van der Waals surface area contributed by atoms with Crippen molar-refractivity contribution in [3.05, 3.63) is 58.7 Å². The number of fused-ring (bicyclic) bond motifs is 1. The minimum absolute atomic E-state index is 0.142. The van der Waals surface area contributed by atoms with Crippen molar-refractivity contribution in [1.82, 2.24) is 10.3 Å². The quantitative estimate of drug-likeness (QED) is 0.388. The predicted octanol–water partition coefficient (Wildman–Crippen LogP) is 7.05. The minimum Gasteiger partial charge on any atom is -0.460 e. The fourth-order valence-corrected chi connectivity index (χ4v) is 5.69. The first-order chi connectivity index (χ1) is 18.5. The molecular weight excluding hydrogens is 507 g/mol. The van der Waals surface area contributed by atoms with Crippen LogP contribution in [0.5, 0.6) is 0 Å². The number of benzene rings is 1. The van der Waals surface area contributed by atoms with Crippen molar-refractivity contribution in [3.63, 3.8) is 0 Å². The van der Waals surface area contributed by atoms with Gasteiger partial charge in [-0.25, -0.2) is 4.39 Å². The number of rotatable bonds is 6. The van der Waals surface area contributed by atoms with Crippen LogP contribution in [-0.4, -0.2) is 41.1 Å². The van der Waals surface area contributed by atoms with Crippen molar-refractivity contribution in [2.24, 2.45) is 0 Å². The van der Waals surface area contributed by atoms with E-state index >= 15 is 0 Å². The zero-order valence-electron chi connectivity index (χ0n) is 25.5. The number of carbonyl (C=O) groups is 1. The Hall–Kier alpha value is -2.61. The second kappa shape index (κ2) is 11.3. The molecule has 7 heteroatoms. The predicted molar refractivity (Wildman–Crippen MR) is 156 cm³/mol. The number of esters is 1. The van der Waals surface area contributed by atoms with E-state index < -0.39 is 11.4 Å². The molecule has 2 atom stereocenters. The van der Waals surface area contributed by atoms with Gasteiger partial charge in [0.05, 0.1) is 30.0 Å². The summed E-state index contributed by atoms with van der Waals surface area (Å²) >= 11 is 0.